The molecule has 2 nitrogen and oxygen atoms in total. The van der Waals surface area contributed by atoms with Gasteiger partial charge in [-0.1, -0.05) is 54.6 Å². The van der Waals surface area contributed by atoms with Crippen molar-refractivity contribution < 1.29 is 0 Å². The fourth-order valence-corrected chi connectivity index (χ4v) is 2.65. The molecular formula is C18H14N2. The largest absolute Gasteiger partial charge is 0.320 e. The molecule has 20 heavy (non-hydrogen) atoms. The maximum atomic E-state index is 4.70. The van der Waals surface area contributed by atoms with Gasteiger partial charge in [-0.2, -0.15) is 0 Å². The van der Waals surface area contributed by atoms with Gasteiger partial charge in [-0.25, -0.2) is 4.99 Å². The van der Waals surface area contributed by atoms with Crippen LogP contribution >= 0.6 is 0 Å². The van der Waals surface area contributed by atoms with E-state index in [1.54, 1.807) is 0 Å². The van der Waals surface area contributed by atoms with Crippen LogP contribution in [0.5, 0.6) is 0 Å². The zero-order chi connectivity index (χ0) is 13.4. The van der Waals surface area contributed by atoms with Gasteiger partial charge in [-0.3, -0.25) is 0 Å². The first-order valence-electron chi connectivity index (χ1n) is 6.79. The van der Waals surface area contributed by atoms with E-state index in [1.807, 2.05) is 18.2 Å². The fraction of sp³-hybridized carbons (Fsp3) is 0.0556. The number of benzene rings is 2. The Kier molecular flexibility index (Phi) is 2.52. The molecule has 0 N–H and O–H groups in total. The summed E-state index contributed by atoms with van der Waals surface area (Å²) in [6.07, 6.45) is 4.23. The van der Waals surface area contributed by atoms with Crippen LogP contribution in [0.15, 0.2) is 71.7 Å². The fourth-order valence-electron chi connectivity index (χ4n) is 2.65. The summed E-state index contributed by atoms with van der Waals surface area (Å²) in [5.41, 5.74) is 3.57. The van der Waals surface area contributed by atoms with Crippen LogP contribution in [0.1, 0.15) is 5.56 Å². The number of aliphatic imine (C=N–C) groups is 1. The molecule has 0 radical (unpaired) electrons. The molecule has 0 atom stereocenters. The molecular weight excluding hydrogens is 244 g/mol. The molecule has 0 aliphatic carbocycles. The lowest BCUT2D eigenvalue weighted by Crippen LogP contribution is -1.99. The number of nitrogens with zero attached hydrogens (tertiary/aromatic N) is 2. The molecule has 0 amide bonds. The molecule has 4 rings (SSSR count). The van der Waals surface area contributed by atoms with Crippen LogP contribution in [0.25, 0.3) is 17.0 Å². The SMILES string of the molecule is C(=Cc1ccccc1)C1=Nc2cc3ccccc3n2C1. The van der Waals surface area contributed by atoms with Gasteiger partial charge in [0.05, 0.1) is 17.8 Å². The van der Waals surface area contributed by atoms with Crippen LogP contribution in [0, 0.1) is 0 Å². The van der Waals surface area contributed by atoms with Crippen molar-refractivity contribution in [2.75, 3.05) is 0 Å². The van der Waals surface area contributed by atoms with Gasteiger partial charge in [0.15, 0.2) is 0 Å². The summed E-state index contributed by atoms with van der Waals surface area (Å²) in [6.45, 7) is 0.853. The second-order valence-corrected chi connectivity index (χ2v) is 4.99. The Hall–Kier alpha value is -2.61. The molecule has 2 aromatic carbocycles. The van der Waals surface area contributed by atoms with Crippen LogP contribution in [0.4, 0.5) is 5.82 Å². The Bertz CT molecular complexity index is 823. The first kappa shape index (κ1) is 11.2. The number of fused-ring (bicyclic) bond motifs is 3. The van der Waals surface area contributed by atoms with Crippen molar-refractivity contribution in [1.29, 1.82) is 0 Å². The Morgan fingerprint density at radius 3 is 2.60 bits per heavy atom. The second kappa shape index (κ2) is 4.49. The van der Waals surface area contributed by atoms with E-state index in [9.17, 15) is 0 Å². The lowest BCUT2D eigenvalue weighted by Gasteiger charge is -1.99. The molecule has 0 saturated heterocycles. The van der Waals surface area contributed by atoms with Crippen LogP contribution in [0.3, 0.4) is 0 Å². The number of allylic oxidation sites excluding steroid dienone is 1. The van der Waals surface area contributed by atoms with Gasteiger partial charge in [0.1, 0.15) is 5.82 Å². The Balaban J connectivity index is 1.65. The van der Waals surface area contributed by atoms with Crippen molar-refractivity contribution in [2.45, 2.75) is 6.54 Å². The molecule has 0 unspecified atom stereocenters. The van der Waals surface area contributed by atoms with Crippen molar-refractivity contribution in [2.24, 2.45) is 4.99 Å². The minimum Gasteiger partial charge on any atom is -0.320 e. The van der Waals surface area contributed by atoms with Crippen LogP contribution < -0.4 is 0 Å². The van der Waals surface area contributed by atoms with Gasteiger partial charge in [0.2, 0.25) is 0 Å². The summed E-state index contributed by atoms with van der Waals surface area (Å²) >= 11 is 0. The third kappa shape index (κ3) is 1.86. The smallest absolute Gasteiger partial charge is 0.134 e. The van der Waals surface area contributed by atoms with E-state index in [2.05, 4.69) is 59.2 Å². The number of para-hydroxylation sites is 1. The van der Waals surface area contributed by atoms with Crippen molar-refractivity contribution in [3.05, 3.63) is 72.3 Å². The summed E-state index contributed by atoms with van der Waals surface area (Å²) in [7, 11) is 0. The van der Waals surface area contributed by atoms with E-state index in [-0.39, 0.29) is 0 Å². The molecule has 0 bridgehead atoms. The van der Waals surface area contributed by atoms with Crippen LogP contribution in [-0.2, 0) is 6.54 Å². The van der Waals surface area contributed by atoms with E-state index in [4.69, 9.17) is 4.99 Å². The molecule has 1 aromatic heterocycles. The molecule has 2 heteroatoms. The van der Waals surface area contributed by atoms with Gasteiger partial charge in [0.25, 0.3) is 0 Å². The van der Waals surface area contributed by atoms with Crippen molar-refractivity contribution >= 4 is 28.5 Å². The maximum Gasteiger partial charge on any atom is 0.134 e. The van der Waals surface area contributed by atoms with Crippen LogP contribution in [0.2, 0.25) is 0 Å². The van der Waals surface area contributed by atoms with Crippen molar-refractivity contribution in [1.82, 2.24) is 4.57 Å². The molecule has 0 fully saturated rings. The molecule has 3 aromatic rings. The van der Waals surface area contributed by atoms with E-state index < -0.39 is 0 Å². The quantitative estimate of drug-likeness (QED) is 0.646. The number of hydrogen-bond donors (Lipinski definition) is 0. The predicted octanol–water partition coefficient (Wildman–Crippen LogP) is 4.44. The van der Waals surface area contributed by atoms with E-state index >= 15 is 0 Å². The van der Waals surface area contributed by atoms with Crippen molar-refractivity contribution in [3.8, 4) is 0 Å². The van der Waals surface area contributed by atoms with Gasteiger partial charge >= 0.3 is 0 Å². The standard InChI is InChI=1S/C18H14N2/c1-2-6-14(7-3-1)10-11-16-13-20-17-9-5-4-8-15(17)12-18(20)19-16/h1-12H,13H2. The lowest BCUT2D eigenvalue weighted by atomic mass is 10.2. The third-order valence-electron chi connectivity index (χ3n) is 3.63. The number of aromatic nitrogens is 1. The lowest BCUT2D eigenvalue weighted by molar-refractivity contribution is 0.942. The number of hydrogen-bond acceptors (Lipinski definition) is 1. The predicted molar refractivity (Wildman–Crippen MR) is 84.5 cm³/mol. The van der Waals surface area contributed by atoms with Gasteiger partial charge in [0, 0.05) is 5.39 Å². The molecule has 0 spiro atoms. The average Bonchev–Trinajstić information content (AvgIpc) is 3.03. The summed E-state index contributed by atoms with van der Waals surface area (Å²) in [5.74, 6) is 1.05. The van der Waals surface area contributed by atoms with Gasteiger partial charge in [-0.05, 0) is 23.8 Å². The molecule has 96 valence electrons. The monoisotopic (exact) mass is 258 g/mol. The highest BCUT2D eigenvalue weighted by molar-refractivity contribution is 6.03. The van der Waals surface area contributed by atoms with Crippen LogP contribution in [-0.4, -0.2) is 10.3 Å². The minimum absolute atomic E-state index is 0.853. The summed E-state index contributed by atoms with van der Waals surface area (Å²) < 4.78 is 2.26. The Morgan fingerprint density at radius 1 is 0.900 bits per heavy atom. The highest BCUT2D eigenvalue weighted by Crippen LogP contribution is 2.29. The molecule has 1 aliphatic rings. The van der Waals surface area contributed by atoms with E-state index in [0.29, 0.717) is 0 Å². The third-order valence-corrected chi connectivity index (χ3v) is 3.63. The molecule has 1 aliphatic heterocycles. The summed E-state index contributed by atoms with van der Waals surface area (Å²) in [4.78, 5) is 4.70. The maximum absolute atomic E-state index is 4.70. The van der Waals surface area contributed by atoms with E-state index in [1.165, 1.54) is 16.5 Å². The zero-order valence-electron chi connectivity index (χ0n) is 11.0. The van der Waals surface area contributed by atoms with Gasteiger partial charge in [-0.15, -0.1) is 0 Å². The first-order valence-corrected chi connectivity index (χ1v) is 6.79. The van der Waals surface area contributed by atoms with E-state index in [0.717, 1.165) is 18.1 Å². The Morgan fingerprint density at radius 2 is 1.70 bits per heavy atom. The zero-order valence-corrected chi connectivity index (χ0v) is 11.0. The normalized spacial score (nSPS) is 13.9. The topological polar surface area (TPSA) is 17.3 Å². The second-order valence-electron chi connectivity index (χ2n) is 4.99. The first-order chi connectivity index (χ1) is 9.90. The summed E-state index contributed by atoms with van der Waals surface area (Å²) in [5, 5.41) is 1.26. The van der Waals surface area contributed by atoms with Gasteiger partial charge < -0.3 is 4.57 Å². The number of rotatable bonds is 2. The Labute approximate surface area is 117 Å². The average molecular weight is 258 g/mol. The molecule has 0 saturated carbocycles. The highest BCUT2D eigenvalue weighted by Gasteiger charge is 2.14. The summed E-state index contributed by atoms with van der Waals surface area (Å²) in [6, 6.07) is 20.9. The highest BCUT2D eigenvalue weighted by atomic mass is 15.1. The molecule has 2 heterocycles. The van der Waals surface area contributed by atoms with Crippen molar-refractivity contribution in [3.63, 3.8) is 0 Å². The minimum atomic E-state index is 0.853.